The standard InChI is InChI=1S/C46H44N4O6/c1-3-49(45(53)55-37-22-17-33(18-23-37)43(51)47-41-15-9-12-32-11-5-6-14-39(32)41)30-31(2)35-21-26-40-36(29-35)13-10-16-42(40)48-44(52)34-19-24-38(25-20-34)56-46(54)50-27-7-4-8-28-50/h5-6,9-26,29,31H,3-4,7-8,27-28,30H2,1-2H3,(H,47,51)(H,48,52). The van der Waals surface area contributed by atoms with E-state index < -0.39 is 6.09 Å². The molecule has 6 aromatic rings. The second-order valence-electron chi connectivity index (χ2n) is 14.0. The summed E-state index contributed by atoms with van der Waals surface area (Å²) in [5.41, 5.74) is 3.31. The Morgan fingerprint density at radius 1 is 0.643 bits per heavy atom. The van der Waals surface area contributed by atoms with E-state index in [1.807, 2.05) is 79.7 Å². The molecule has 0 radical (unpaired) electrons. The minimum absolute atomic E-state index is 0.0205. The summed E-state index contributed by atoms with van der Waals surface area (Å²) >= 11 is 0. The molecule has 1 atom stereocenters. The first-order valence-electron chi connectivity index (χ1n) is 19.0. The van der Waals surface area contributed by atoms with Crippen LogP contribution in [0.25, 0.3) is 21.5 Å². The fraction of sp³-hybridized carbons (Fsp3) is 0.217. The van der Waals surface area contributed by atoms with Crippen LogP contribution in [0.4, 0.5) is 21.0 Å². The van der Waals surface area contributed by atoms with Gasteiger partial charge in [0.2, 0.25) is 0 Å². The highest BCUT2D eigenvalue weighted by Crippen LogP contribution is 2.29. The number of nitrogens with one attached hydrogen (secondary N) is 2. The van der Waals surface area contributed by atoms with Gasteiger partial charge in [-0.15, -0.1) is 0 Å². The van der Waals surface area contributed by atoms with Gasteiger partial charge >= 0.3 is 12.2 Å². The van der Waals surface area contributed by atoms with Crippen molar-refractivity contribution in [1.29, 1.82) is 0 Å². The van der Waals surface area contributed by atoms with Crippen molar-refractivity contribution in [3.05, 3.63) is 144 Å². The number of carbonyl (C=O) groups is 4. The summed E-state index contributed by atoms with van der Waals surface area (Å²) in [7, 11) is 0. The molecule has 10 nitrogen and oxygen atoms in total. The van der Waals surface area contributed by atoms with Gasteiger partial charge in [0.25, 0.3) is 11.8 Å². The summed E-state index contributed by atoms with van der Waals surface area (Å²) in [6.07, 6.45) is 2.24. The molecule has 0 aliphatic carbocycles. The average Bonchev–Trinajstić information content (AvgIpc) is 3.23. The highest BCUT2D eigenvalue weighted by molar-refractivity contribution is 6.10. The quantitative estimate of drug-likeness (QED) is 0.144. The molecule has 1 aliphatic rings. The lowest BCUT2D eigenvalue weighted by Crippen LogP contribution is -2.37. The molecule has 10 heteroatoms. The number of benzene rings is 6. The monoisotopic (exact) mass is 748 g/mol. The maximum Gasteiger partial charge on any atom is 0.415 e. The van der Waals surface area contributed by atoms with Crippen molar-refractivity contribution in [2.75, 3.05) is 36.8 Å². The van der Waals surface area contributed by atoms with E-state index in [-0.39, 0.29) is 23.8 Å². The van der Waals surface area contributed by atoms with Crippen molar-refractivity contribution in [3.63, 3.8) is 0 Å². The molecule has 1 aliphatic heterocycles. The first kappa shape index (κ1) is 37.6. The predicted molar refractivity (Wildman–Crippen MR) is 220 cm³/mol. The zero-order valence-electron chi connectivity index (χ0n) is 31.5. The van der Waals surface area contributed by atoms with Crippen molar-refractivity contribution in [2.24, 2.45) is 0 Å². The van der Waals surface area contributed by atoms with E-state index in [0.29, 0.717) is 54.5 Å². The third-order valence-electron chi connectivity index (χ3n) is 10.2. The Bertz CT molecular complexity index is 2370. The van der Waals surface area contributed by atoms with Crippen molar-refractivity contribution in [2.45, 2.75) is 39.0 Å². The van der Waals surface area contributed by atoms with E-state index in [4.69, 9.17) is 9.47 Å². The summed E-state index contributed by atoms with van der Waals surface area (Å²) in [6.45, 7) is 6.22. The summed E-state index contributed by atoms with van der Waals surface area (Å²) < 4.78 is 11.2. The Labute approximate surface area is 326 Å². The molecule has 1 saturated heterocycles. The van der Waals surface area contributed by atoms with Gasteiger partial charge in [0, 0.05) is 59.5 Å². The number of nitrogens with zero attached hydrogens (tertiary/aromatic N) is 2. The Morgan fingerprint density at radius 3 is 1.82 bits per heavy atom. The second-order valence-corrected chi connectivity index (χ2v) is 14.0. The molecule has 4 amide bonds. The highest BCUT2D eigenvalue weighted by Gasteiger charge is 2.21. The molecule has 2 N–H and O–H groups in total. The fourth-order valence-corrected chi connectivity index (χ4v) is 6.97. The number of likely N-dealkylation sites (N-methyl/N-ethyl adjacent to an activating group) is 1. The summed E-state index contributed by atoms with van der Waals surface area (Å²) in [5.74, 6) is 0.182. The van der Waals surface area contributed by atoms with Crippen LogP contribution in [0.3, 0.4) is 0 Å². The Hall–Kier alpha value is -6.68. The number of piperidine rings is 1. The minimum atomic E-state index is -0.480. The van der Waals surface area contributed by atoms with Crippen molar-refractivity contribution >= 4 is 56.9 Å². The molecule has 56 heavy (non-hydrogen) atoms. The third-order valence-corrected chi connectivity index (χ3v) is 10.2. The normalized spacial score (nSPS) is 13.1. The molecular weight excluding hydrogens is 705 g/mol. The summed E-state index contributed by atoms with van der Waals surface area (Å²) in [6, 6.07) is 38.5. The fourth-order valence-electron chi connectivity index (χ4n) is 6.97. The number of rotatable bonds is 10. The van der Waals surface area contributed by atoms with Gasteiger partial charge in [-0.05, 0) is 109 Å². The van der Waals surface area contributed by atoms with Gasteiger partial charge in [-0.25, -0.2) is 9.59 Å². The van der Waals surface area contributed by atoms with Crippen LogP contribution in [0.5, 0.6) is 11.5 Å². The van der Waals surface area contributed by atoms with Crippen LogP contribution in [-0.4, -0.2) is 60.0 Å². The number of amides is 4. The van der Waals surface area contributed by atoms with Gasteiger partial charge in [0.1, 0.15) is 11.5 Å². The van der Waals surface area contributed by atoms with Gasteiger partial charge in [-0.3, -0.25) is 9.59 Å². The van der Waals surface area contributed by atoms with Crippen LogP contribution in [0.1, 0.15) is 65.3 Å². The number of carbonyl (C=O) groups excluding carboxylic acids is 4. The van der Waals surface area contributed by atoms with Gasteiger partial charge in [0.05, 0.1) is 0 Å². The maximum atomic E-state index is 13.3. The first-order chi connectivity index (χ1) is 27.2. The Kier molecular flexibility index (Phi) is 11.6. The number of hydrogen-bond donors (Lipinski definition) is 2. The molecule has 1 heterocycles. The summed E-state index contributed by atoms with van der Waals surface area (Å²) in [5, 5.41) is 9.82. The zero-order chi connectivity index (χ0) is 39.0. The van der Waals surface area contributed by atoms with Crippen LogP contribution < -0.4 is 20.1 Å². The van der Waals surface area contributed by atoms with E-state index in [1.165, 1.54) is 0 Å². The Morgan fingerprint density at radius 2 is 1.20 bits per heavy atom. The SMILES string of the molecule is CCN(CC(C)c1ccc2c(NC(=O)c3ccc(OC(=O)N4CCCCC4)cc3)cccc2c1)C(=O)Oc1ccc(C(=O)Nc2cccc3ccccc23)cc1. The maximum absolute atomic E-state index is 13.3. The highest BCUT2D eigenvalue weighted by atomic mass is 16.6. The largest absolute Gasteiger partial charge is 0.415 e. The van der Waals surface area contributed by atoms with Gasteiger partial charge in [-0.1, -0.05) is 73.7 Å². The molecule has 0 saturated carbocycles. The van der Waals surface area contributed by atoms with Crippen LogP contribution in [-0.2, 0) is 0 Å². The topological polar surface area (TPSA) is 117 Å². The molecule has 1 fully saturated rings. The number of hydrogen-bond acceptors (Lipinski definition) is 6. The van der Waals surface area contributed by atoms with Crippen molar-refractivity contribution < 1.29 is 28.7 Å². The van der Waals surface area contributed by atoms with Gasteiger partial charge in [0.15, 0.2) is 0 Å². The van der Waals surface area contributed by atoms with Crippen LogP contribution >= 0.6 is 0 Å². The van der Waals surface area contributed by atoms with Crippen LogP contribution in [0, 0.1) is 0 Å². The number of likely N-dealkylation sites (tertiary alicyclic amines) is 1. The van der Waals surface area contributed by atoms with Crippen LogP contribution in [0.15, 0.2) is 127 Å². The lowest BCUT2D eigenvalue weighted by atomic mass is 9.96. The van der Waals surface area contributed by atoms with Gasteiger partial charge < -0.3 is 29.9 Å². The number of ether oxygens (including phenoxy) is 2. The first-order valence-corrected chi connectivity index (χ1v) is 19.0. The molecular formula is C46H44N4O6. The second kappa shape index (κ2) is 17.2. The van der Waals surface area contributed by atoms with Crippen molar-refractivity contribution in [3.8, 4) is 11.5 Å². The van der Waals surface area contributed by atoms with E-state index in [9.17, 15) is 19.2 Å². The smallest absolute Gasteiger partial charge is 0.410 e. The molecule has 0 aromatic heterocycles. The average molecular weight is 749 g/mol. The molecule has 1 unspecified atom stereocenters. The minimum Gasteiger partial charge on any atom is -0.410 e. The molecule has 0 bridgehead atoms. The predicted octanol–water partition coefficient (Wildman–Crippen LogP) is 10.1. The lowest BCUT2D eigenvalue weighted by molar-refractivity contribution is 0.101. The zero-order valence-corrected chi connectivity index (χ0v) is 31.5. The molecule has 0 spiro atoms. The van der Waals surface area contributed by atoms with E-state index in [2.05, 4.69) is 23.6 Å². The van der Waals surface area contributed by atoms with Gasteiger partial charge in [-0.2, -0.15) is 0 Å². The number of fused-ring (bicyclic) bond motifs is 2. The van der Waals surface area contributed by atoms with E-state index in [0.717, 1.165) is 52.1 Å². The van der Waals surface area contributed by atoms with E-state index in [1.54, 1.807) is 58.3 Å². The molecule has 284 valence electrons. The molecule has 7 rings (SSSR count). The third kappa shape index (κ3) is 8.81. The Balaban J connectivity index is 0.940. The van der Waals surface area contributed by atoms with Crippen LogP contribution in [0.2, 0.25) is 0 Å². The molecule has 6 aromatic carbocycles. The number of anilines is 2. The lowest BCUT2D eigenvalue weighted by Gasteiger charge is -2.25. The van der Waals surface area contributed by atoms with E-state index >= 15 is 0 Å². The van der Waals surface area contributed by atoms with Crippen molar-refractivity contribution in [1.82, 2.24) is 9.80 Å². The summed E-state index contributed by atoms with van der Waals surface area (Å²) in [4.78, 5) is 55.3.